The van der Waals surface area contributed by atoms with Crippen molar-refractivity contribution in [1.82, 2.24) is 0 Å². The van der Waals surface area contributed by atoms with Gasteiger partial charge in [-0.25, -0.2) is 4.79 Å². The topological polar surface area (TPSA) is 50.4 Å². The summed E-state index contributed by atoms with van der Waals surface area (Å²) in [6.45, 7) is 0. The molecule has 2 aromatic rings. The van der Waals surface area contributed by atoms with E-state index in [1.54, 1.807) is 24.3 Å². The van der Waals surface area contributed by atoms with Gasteiger partial charge in [0.1, 0.15) is 11.5 Å². The van der Waals surface area contributed by atoms with Gasteiger partial charge in [0.05, 0.1) is 6.07 Å². The Balaban J connectivity index is 2.59. The Labute approximate surface area is 90.6 Å². The maximum atomic E-state index is 11.0. The summed E-state index contributed by atoms with van der Waals surface area (Å²) in [5.41, 5.74) is 0.0560. The molecule has 1 N–H and O–H groups in total. The Hall–Kier alpha value is -1.74. The Bertz CT molecular complexity index is 546. The van der Waals surface area contributed by atoms with Crippen LogP contribution in [0, 0.1) is 0 Å². The lowest BCUT2D eigenvalue weighted by atomic mass is 10.1. The van der Waals surface area contributed by atoms with E-state index in [1.165, 1.54) is 6.07 Å². The van der Waals surface area contributed by atoms with Gasteiger partial charge < -0.3 is 9.52 Å². The van der Waals surface area contributed by atoms with Crippen LogP contribution in [-0.2, 0) is 0 Å². The van der Waals surface area contributed by atoms with Gasteiger partial charge >= 0.3 is 5.63 Å². The molecular weight excluding hydrogens is 216 g/mol. The number of hydrogen-bond donors (Lipinski definition) is 1. The molecule has 1 heterocycles. The molecule has 76 valence electrons. The van der Waals surface area contributed by atoms with Crippen molar-refractivity contribution in [3.8, 4) is 17.1 Å². The fraction of sp³-hybridized carbons (Fsp3) is 0. The van der Waals surface area contributed by atoms with E-state index in [9.17, 15) is 9.90 Å². The number of rotatable bonds is 1. The van der Waals surface area contributed by atoms with E-state index in [0.29, 0.717) is 16.3 Å². The first kappa shape index (κ1) is 9.80. The van der Waals surface area contributed by atoms with Crippen LogP contribution in [-0.4, -0.2) is 5.11 Å². The maximum absolute atomic E-state index is 11.0. The minimum Gasteiger partial charge on any atom is -0.508 e. The van der Waals surface area contributed by atoms with E-state index in [1.807, 2.05) is 0 Å². The third-order valence-electron chi connectivity index (χ3n) is 1.86. The first-order valence-corrected chi connectivity index (χ1v) is 4.63. The summed E-state index contributed by atoms with van der Waals surface area (Å²) in [4.78, 5) is 11.0. The Morgan fingerprint density at radius 3 is 2.67 bits per heavy atom. The first-order chi connectivity index (χ1) is 7.15. The van der Waals surface area contributed by atoms with Crippen LogP contribution in [0.3, 0.4) is 0 Å². The predicted molar refractivity (Wildman–Crippen MR) is 57.1 cm³/mol. The zero-order chi connectivity index (χ0) is 10.8. The van der Waals surface area contributed by atoms with Gasteiger partial charge in [-0.05, 0) is 12.1 Å². The van der Waals surface area contributed by atoms with Crippen LogP contribution in [0.2, 0.25) is 5.02 Å². The van der Waals surface area contributed by atoms with Gasteiger partial charge in [-0.2, -0.15) is 0 Å². The van der Waals surface area contributed by atoms with Crippen LogP contribution in [0.1, 0.15) is 0 Å². The summed E-state index contributed by atoms with van der Waals surface area (Å²) in [5, 5.41) is 9.77. The van der Waals surface area contributed by atoms with Crippen LogP contribution < -0.4 is 5.63 Å². The lowest BCUT2D eigenvalue weighted by molar-refractivity contribution is 0.453. The van der Waals surface area contributed by atoms with Crippen molar-refractivity contribution in [1.29, 1.82) is 0 Å². The molecule has 1 aromatic heterocycles. The molecule has 1 aromatic carbocycles. The fourth-order valence-electron chi connectivity index (χ4n) is 1.25. The van der Waals surface area contributed by atoms with Crippen molar-refractivity contribution in [3.63, 3.8) is 0 Å². The van der Waals surface area contributed by atoms with E-state index >= 15 is 0 Å². The minimum atomic E-state index is -0.593. The average Bonchev–Trinajstić information content (AvgIpc) is 2.16. The van der Waals surface area contributed by atoms with Crippen molar-refractivity contribution < 1.29 is 9.52 Å². The summed E-state index contributed by atoms with van der Waals surface area (Å²) in [7, 11) is 0. The van der Waals surface area contributed by atoms with Crippen LogP contribution in [0.25, 0.3) is 11.3 Å². The molecule has 0 saturated heterocycles. The smallest absolute Gasteiger partial charge is 0.339 e. The molecule has 0 unspecified atom stereocenters. The van der Waals surface area contributed by atoms with Crippen LogP contribution in [0.15, 0.2) is 45.6 Å². The summed E-state index contributed by atoms with van der Waals surface area (Å²) in [6.07, 6.45) is 0. The second-order valence-corrected chi connectivity index (χ2v) is 3.45. The number of aromatic hydroxyl groups is 1. The molecule has 4 heteroatoms. The minimum absolute atomic E-state index is 0.124. The molecule has 0 spiro atoms. The van der Waals surface area contributed by atoms with Crippen molar-refractivity contribution in [2.45, 2.75) is 0 Å². The van der Waals surface area contributed by atoms with Crippen molar-refractivity contribution in [2.75, 3.05) is 0 Å². The van der Waals surface area contributed by atoms with Crippen molar-refractivity contribution in [3.05, 3.63) is 51.8 Å². The lowest BCUT2D eigenvalue weighted by Crippen LogP contribution is -1.95. The molecule has 15 heavy (non-hydrogen) atoms. The lowest BCUT2D eigenvalue weighted by Gasteiger charge is -2.00. The molecule has 0 radical (unpaired) electrons. The quantitative estimate of drug-likeness (QED) is 0.807. The third kappa shape index (κ3) is 2.19. The molecule has 0 aliphatic heterocycles. The summed E-state index contributed by atoms with van der Waals surface area (Å²) >= 11 is 5.79. The summed E-state index contributed by atoms with van der Waals surface area (Å²) in [6, 6.07) is 9.22. The number of hydrogen-bond acceptors (Lipinski definition) is 3. The second-order valence-electron chi connectivity index (χ2n) is 3.01. The Morgan fingerprint density at radius 1 is 1.20 bits per heavy atom. The largest absolute Gasteiger partial charge is 0.508 e. The monoisotopic (exact) mass is 222 g/mol. The van der Waals surface area contributed by atoms with Gasteiger partial charge in [0.2, 0.25) is 0 Å². The zero-order valence-electron chi connectivity index (χ0n) is 7.61. The summed E-state index contributed by atoms with van der Waals surface area (Å²) in [5.74, 6) is 0.170. The van der Waals surface area contributed by atoms with Gasteiger partial charge in [-0.3, -0.25) is 0 Å². The molecule has 0 aliphatic carbocycles. The molecule has 3 nitrogen and oxygen atoms in total. The average molecular weight is 223 g/mol. The molecule has 0 atom stereocenters. The standard InChI is InChI=1S/C11H7ClO3/c12-8-3-1-2-7(4-8)10-5-9(13)6-11(14)15-10/h1-6,13H. The Morgan fingerprint density at radius 2 is 2.00 bits per heavy atom. The van der Waals surface area contributed by atoms with E-state index in [4.69, 9.17) is 16.0 Å². The molecule has 0 aliphatic rings. The Kier molecular flexibility index (Phi) is 2.47. The van der Waals surface area contributed by atoms with E-state index in [-0.39, 0.29) is 5.75 Å². The van der Waals surface area contributed by atoms with Gasteiger partial charge in [-0.1, -0.05) is 23.7 Å². The van der Waals surface area contributed by atoms with Crippen LogP contribution >= 0.6 is 11.6 Å². The third-order valence-corrected chi connectivity index (χ3v) is 2.10. The highest BCUT2D eigenvalue weighted by atomic mass is 35.5. The van der Waals surface area contributed by atoms with E-state index in [0.717, 1.165) is 6.07 Å². The highest BCUT2D eigenvalue weighted by molar-refractivity contribution is 6.30. The van der Waals surface area contributed by atoms with Gasteiger partial charge in [0.15, 0.2) is 0 Å². The molecular formula is C11H7ClO3. The van der Waals surface area contributed by atoms with Crippen LogP contribution in [0.5, 0.6) is 5.75 Å². The molecule has 0 bridgehead atoms. The highest BCUT2D eigenvalue weighted by Gasteiger charge is 2.04. The number of benzene rings is 1. The first-order valence-electron chi connectivity index (χ1n) is 4.25. The molecule has 0 fully saturated rings. The van der Waals surface area contributed by atoms with Gasteiger partial charge in [-0.15, -0.1) is 0 Å². The van der Waals surface area contributed by atoms with Crippen molar-refractivity contribution in [2.24, 2.45) is 0 Å². The normalized spacial score (nSPS) is 10.2. The van der Waals surface area contributed by atoms with E-state index < -0.39 is 5.63 Å². The molecule has 0 saturated carbocycles. The number of halogens is 1. The predicted octanol–water partition coefficient (Wildman–Crippen LogP) is 2.67. The van der Waals surface area contributed by atoms with Crippen molar-refractivity contribution >= 4 is 11.6 Å². The zero-order valence-corrected chi connectivity index (χ0v) is 8.36. The second kappa shape index (κ2) is 3.79. The molecule has 0 amide bonds. The van der Waals surface area contributed by atoms with Gasteiger partial charge in [0, 0.05) is 16.7 Å². The van der Waals surface area contributed by atoms with E-state index in [2.05, 4.69) is 0 Å². The fourth-order valence-corrected chi connectivity index (χ4v) is 1.44. The summed E-state index contributed by atoms with van der Waals surface area (Å²) < 4.78 is 4.92. The van der Waals surface area contributed by atoms with Crippen LogP contribution in [0.4, 0.5) is 0 Å². The van der Waals surface area contributed by atoms with Gasteiger partial charge in [0.25, 0.3) is 0 Å². The molecule has 2 rings (SSSR count). The SMILES string of the molecule is O=c1cc(O)cc(-c2cccc(Cl)c2)o1. The highest BCUT2D eigenvalue weighted by Crippen LogP contribution is 2.23. The maximum Gasteiger partial charge on any atom is 0.339 e.